The van der Waals surface area contributed by atoms with Crippen molar-refractivity contribution in [3.05, 3.63) is 24.2 Å². The quantitative estimate of drug-likeness (QED) is 0.423. The van der Waals surface area contributed by atoms with Crippen molar-refractivity contribution < 1.29 is 42.8 Å². The van der Waals surface area contributed by atoms with Crippen molar-refractivity contribution in [3.8, 4) is 6.07 Å². The summed E-state index contributed by atoms with van der Waals surface area (Å²) >= 11 is 0. The molecule has 2 aliphatic rings. The van der Waals surface area contributed by atoms with Gasteiger partial charge in [-0.25, -0.2) is 14.3 Å². The lowest BCUT2D eigenvalue weighted by Gasteiger charge is -2.28. The summed E-state index contributed by atoms with van der Waals surface area (Å²) < 4.78 is 34.2. The first-order valence-electron chi connectivity index (χ1n) is 11.5. The lowest BCUT2D eigenvalue weighted by molar-refractivity contribution is -0.166. The highest BCUT2D eigenvalue weighted by molar-refractivity contribution is 5.74. The minimum Gasteiger partial charge on any atom is -0.455 e. The number of hydrogen-bond donors (Lipinski definition) is 1. The summed E-state index contributed by atoms with van der Waals surface area (Å²) in [5, 5.41) is 14.6. The third-order valence-electron chi connectivity index (χ3n) is 6.17. The number of nitrogen functional groups attached to an aromatic ring is 1. The average molecular weight is 517 g/mol. The highest BCUT2D eigenvalue weighted by Gasteiger charge is 2.63. The van der Waals surface area contributed by atoms with Gasteiger partial charge in [0, 0.05) is 20.0 Å². The van der Waals surface area contributed by atoms with E-state index in [2.05, 4.69) is 16.2 Å². The number of methoxy groups -OCH3 is 1. The van der Waals surface area contributed by atoms with E-state index in [4.69, 9.17) is 34.2 Å². The van der Waals surface area contributed by atoms with Crippen LogP contribution in [0.25, 0.3) is 5.52 Å². The molecule has 2 fully saturated rings. The zero-order valence-corrected chi connectivity index (χ0v) is 20.5. The molecule has 4 atom stereocenters. The van der Waals surface area contributed by atoms with Gasteiger partial charge in [-0.05, 0) is 32.4 Å². The second-order valence-electron chi connectivity index (χ2n) is 9.20. The summed E-state index contributed by atoms with van der Waals surface area (Å²) in [5.74, 6) is -1.12. The Kier molecular flexibility index (Phi) is 7.19. The van der Waals surface area contributed by atoms with Gasteiger partial charge in [0.25, 0.3) is 0 Å². The molecule has 2 aromatic rings. The Labute approximate surface area is 211 Å². The molecule has 198 valence electrons. The zero-order chi connectivity index (χ0) is 26.8. The summed E-state index contributed by atoms with van der Waals surface area (Å²) in [6, 6.07) is 5.16. The van der Waals surface area contributed by atoms with Crippen molar-refractivity contribution in [3.63, 3.8) is 0 Å². The molecular weight excluding hydrogens is 490 g/mol. The van der Waals surface area contributed by atoms with Crippen LogP contribution in [0.5, 0.6) is 0 Å². The average Bonchev–Trinajstić information content (AvgIpc) is 3.44. The number of aromatic nitrogens is 3. The lowest BCUT2D eigenvalue weighted by atomic mass is 9.92. The number of esters is 2. The summed E-state index contributed by atoms with van der Waals surface area (Å²) in [6.07, 6.45) is -3.61. The number of hydrogen-bond acceptors (Lipinski definition) is 13. The number of ether oxygens (including phenoxy) is 6. The summed E-state index contributed by atoms with van der Waals surface area (Å²) in [4.78, 5) is 41.3. The molecule has 2 saturated heterocycles. The van der Waals surface area contributed by atoms with Crippen LogP contribution in [0.3, 0.4) is 0 Å². The van der Waals surface area contributed by atoms with Gasteiger partial charge in [-0.15, -0.1) is 0 Å². The molecule has 0 spiro atoms. The fourth-order valence-corrected chi connectivity index (χ4v) is 4.07. The van der Waals surface area contributed by atoms with Crippen molar-refractivity contribution in [1.29, 1.82) is 5.26 Å². The molecule has 4 heterocycles. The predicted octanol–water partition coefficient (Wildman–Crippen LogP) is 1.01. The Balaban J connectivity index is 1.68. The first kappa shape index (κ1) is 26.1. The number of fused-ring (bicyclic) bond motifs is 2. The lowest BCUT2D eigenvalue weighted by Crippen LogP contribution is -2.45. The van der Waals surface area contributed by atoms with E-state index in [-0.39, 0.29) is 37.4 Å². The first-order valence-corrected chi connectivity index (χ1v) is 11.5. The van der Waals surface area contributed by atoms with Crippen molar-refractivity contribution in [2.45, 2.75) is 62.6 Å². The van der Waals surface area contributed by atoms with Gasteiger partial charge >= 0.3 is 18.1 Å². The van der Waals surface area contributed by atoms with Crippen LogP contribution in [-0.2, 0) is 43.6 Å². The van der Waals surface area contributed by atoms with Crippen LogP contribution in [-0.4, -0.2) is 76.9 Å². The van der Waals surface area contributed by atoms with Gasteiger partial charge in [-0.1, -0.05) is 0 Å². The molecule has 14 nitrogen and oxygen atoms in total. The standard InChI is InChI=1S/C23H27N5O9/c1-22(2,32-3)11-34-21(31)33-9-14-18-19(36-17(30)6-4-5-16(29)35-18)23(10-24,37-14)15-8-7-13-20(25)26-12-27-28(13)15/h7-8,12,14,18-19H,4-6,9,11H2,1-3H3,(H2,25,26,27)/t14-,18-,19-,23+/m1/s1. The molecule has 0 bridgehead atoms. The van der Waals surface area contributed by atoms with Crippen molar-refractivity contribution >= 4 is 29.4 Å². The fourth-order valence-electron chi connectivity index (χ4n) is 4.07. The summed E-state index contributed by atoms with van der Waals surface area (Å²) in [7, 11) is 1.47. The molecule has 0 aliphatic carbocycles. The third kappa shape index (κ3) is 5.13. The fraction of sp³-hybridized carbons (Fsp3) is 0.565. The molecule has 4 rings (SSSR count). The van der Waals surface area contributed by atoms with Crippen LogP contribution >= 0.6 is 0 Å². The first-order chi connectivity index (χ1) is 17.6. The number of anilines is 1. The van der Waals surface area contributed by atoms with E-state index in [9.17, 15) is 19.6 Å². The second-order valence-corrected chi connectivity index (χ2v) is 9.20. The molecule has 14 heteroatoms. The molecule has 37 heavy (non-hydrogen) atoms. The summed E-state index contributed by atoms with van der Waals surface area (Å²) in [5.41, 5.74) is 3.74. The molecule has 0 radical (unpaired) electrons. The Morgan fingerprint density at radius 1 is 1.27 bits per heavy atom. The third-order valence-corrected chi connectivity index (χ3v) is 6.17. The Bertz CT molecular complexity index is 1240. The molecule has 0 saturated carbocycles. The van der Waals surface area contributed by atoms with E-state index in [0.717, 1.165) is 0 Å². The van der Waals surface area contributed by atoms with Crippen molar-refractivity contribution in [1.82, 2.24) is 14.6 Å². The zero-order valence-electron chi connectivity index (χ0n) is 20.5. The molecule has 2 aromatic heterocycles. The maximum Gasteiger partial charge on any atom is 0.508 e. The number of nitrogens with zero attached hydrogens (tertiary/aromatic N) is 4. The Hall–Kier alpha value is -3.96. The minimum atomic E-state index is -1.99. The number of nitrogens with two attached hydrogens (primary N) is 1. The van der Waals surface area contributed by atoms with Gasteiger partial charge < -0.3 is 34.2 Å². The molecule has 2 N–H and O–H groups in total. The highest BCUT2D eigenvalue weighted by atomic mass is 16.7. The number of carbonyl (C=O) groups excluding carboxylic acids is 3. The minimum absolute atomic E-state index is 0.0442. The Morgan fingerprint density at radius 3 is 2.70 bits per heavy atom. The van der Waals surface area contributed by atoms with E-state index in [1.807, 2.05) is 0 Å². The van der Waals surface area contributed by atoms with Gasteiger partial charge in [0.2, 0.25) is 5.60 Å². The Morgan fingerprint density at radius 2 is 2.00 bits per heavy atom. The normalized spacial score (nSPS) is 26.2. The molecule has 2 aliphatic heterocycles. The van der Waals surface area contributed by atoms with Gasteiger partial charge in [0.1, 0.15) is 37.2 Å². The smallest absolute Gasteiger partial charge is 0.455 e. The van der Waals surface area contributed by atoms with E-state index in [0.29, 0.717) is 5.52 Å². The second kappa shape index (κ2) is 10.2. The van der Waals surface area contributed by atoms with Crippen LogP contribution < -0.4 is 5.73 Å². The van der Waals surface area contributed by atoms with Crippen LogP contribution in [0.15, 0.2) is 18.5 Å². The number of rotatable bonds is 6. The maximum atomic E-state index is 12.6. The largest absolute Gasteiger partial charge is 0.508 e. The number of carbonyl (C=O) groups is 3. The molecule has 0 amide bonds. The van der Waals surface area contributed by atoms with E-state index < -0.39 is 54.2 Å². The van der Waals surface area contributed by atoms with E-state index in [1.54, 1.807) is 19.9 Å². The van der Waals surface area contributed by atoms with Crippen molar-refractivity contribution in [2.75, 3.05) is 26.1 Å². The van der Waals surface area contributed by atoms with E-state index in [1.165, 1.54) is 24.0 Å². The van der Waals surface area contributed by atoms with Crippen LogP contribution in [0.1, 0.15) is 38.8 Å². The molecular formula is C23H27N5O9. The summed E-state index contributed by atoms with van der Waals surface area (Å²) in [6.45, 7) is 2.87. The van der Waals surface area contributed by atoms with Gasteiger partial charge in [0.15, 0.2) is 18.0 Å². The van der Waals surface area contributed by atoms with Gasteiger partial charge in [0.05, 0.1) is 11.3 Å². The van der Waals surface area contributed by atoms with Crippen molar-refractivity contribution in [2.24, 2.45) is 0 Å². The van der Waals surface area contributed by atoms with Gasteiger partial charge in [-0.3, -0.25) is 9.59 Å². The topological polar surface area (TPSA) is 187 Å². The SMILES string of the molecule is COC(C)(C)COC(=O)OC[C@H]1O[C@@](C#N)(c2ccc3c(N)ncnn23)[C@@H]2OC(=O)CCCC(=O)O[C@@H]21. The highest BCUT2D eigenvalue weighted by Crippen LogP contribution is 2.44. The predicted molar refractivity (Wildman–Crippen MR) is 122 cm³/mol. The molecule has 0 unspecified atom stereocenters. The van der Waals surface area contributed by atoms with E-state index >= 15 is 0 Å². The van der Waals surface area contributed by atoms with Crippen LogP contribution in [0, 0.1) is 11.3 Å². The van der Waals surface area contributed by atoms with Crippen LogP contribution in [0.4, 0.5) is 10.6 Å². The number of nitriles is 1. The molecule has 0 aromatic carbocycles. The van der Waals surface area contributed by atoms with Crippen LogP contribution in [0.2, 0.25) is 0 Å². The maximum absolute atomic E-state index is 12.6. The van der Waals surface area contributed by atoms with Gasteiger partial charge in [-0.2, -0.15) is 10.4 Å². The monoisotopic (exact) mass is 517 g/mol.